The van der Waals surface area contributed by atoms with Crippen molar-refractivity contribution in [2.75, 3.05) is 14.2 Å². The second-order valence-corrected chi connectivity index (χ2v) is 5.96. The summed E-state index contributed by atoms with van der Waals surface area (Å²) >= 11 is 9.33. The first-order valence-corrected chi connectivity index (χ1v) is 7.67. The molecule has 0 aliphatic heterocycles. The Bertz CT molecular complexity index is 636. The molecule has 0 fully saturated rings. The standard InChI is InChI=1S/C16H16BrClFNO/c1-20-16(13-5-3-11(18)9-15(13)19)8-10-7-12(21-2)4-6-14(10)17/h3-7,9,16,20H,8H2,1-2H3. The van der Waals surface area contributed by atoms with Crippen LogP contribution in [-0.4, -0.2) is 14.2 Å². The van der Waals surface area contributed by atoms with Crippen LogP contribution in [0.5, 0.6) is 5.75 Å². The van der Waals surface area contributed by atoms with Crippen molar-refractivity contribution in [3.63, 3.8) is 0 Å². The Morgan fingerprint density at radius 2 is 2.05 bits per heavy atom. The number of halogens is 3. The quantitative estimate of drug-likeness (QED) is 0.817. The van der Waals surface area contributed by atoms with Crippen molar-refractivity contribution in [1.29, 1.82) is 0 Å². The molecule has 5 heteroatoms. The molecule has 2 nitrogen and oxygen atoms in total. The van der Waals surface area contributed by atoms with E-state index in [1.54, 1.807) is 19.2 Å². The fourth-order valence-corrected chi connectivity index (χ4v) is 2.77. The maximum Gasteiger partial charge on any atom is 0.129 e. The van der Waals surface area contributed by atoms with Crippen molar-refractivity contribution in [3.8, 4) is 5.75 Å². The summed E-state index contributed by atoms with van der Waals surface area (Å²) in [5.74, 6) is 0.473. The summed E-state index contributed by atoms with van der Waals surface area (Å²) in [4.78, 5) is 0. The minimum atomic E-state index is -0.305. The second-order valence-electron chi connectivity index (χ2n) is 4.67. The lowest BCUT2D eigenvalue weighted by atomic mass is 9.98. The van der Waals surface area contributed by atoms with Gasteiger partial charge in [-0.1, -0.05) is 33.6 Å². The van der Waals surface area contributed by atoms with Gasteiger partial charge in [0.1, 0.15) is 11.6 Å². The minimum Gasteiger partial charge on any atom is -0.497 e. The summed E-state index contributed by atoms with van der Waals surface area (Å²) in [7, 11) is 3.44. The van der Waals surface area contributed by atoms with E-state index in [9.17, 15) is 4.39 Å². The number of methoxy groups -OCH3 is 1. The highest BCUT2D eigenvalue weighted by Gasteiger charge is 2.16. The number of ether oxygens (including phenoxy) is 1. The molecule has 0 saturated carbocycles. The number of hydrogen-bond donors (Lipinski definition) is 1. The fourth-order valence-electron chi connectivity index (χ4n) is 2.21. The number of rotatable bonds is 5. The van der Waals surface area contributed by atoms with Crippen LogP contribution >= 0.6 is 27.5 Å². The molecule has 2 aromatic carbocycles. The maximum absolute atomic E-state index is 14.1. The summed E-state index contributed by atoms with van der Waals surface area (Å²) in [6.07, 6.45) is 0.632. The highest BCUT2D eigenvalue weighted by atomic mass is 79.9. The normalized spacial score (nSPS) is 12.2. The molecule has 0 bridgehead atoms. The molecule has 0 aliphatic rings. The van der Waals surface area contributed by atoms with Crippen molar-refractivity contribution in [2.45, 2.75) is 12.5 Å². The zero-order chi connectivity index (χ0) is 15.4. The molecule has 0 aliphatic carbocycles. The van der Waals surface area contributed by atoms with Crippen molar-refractivity contribution in [3.05, 3.63) is 62.8 Å². The molecule has 0 aromatic heterocycles. The fraction of sp³-hybridized carbons (Fsp3) is 0.250. The highest BCUT2D eigenvalue weighted by Crippen LogP contribution is 2.29. The predicted octanol–water partition coefficient (Wildman–Crippen LogP) is 4.75. The molecule has 1 atom stereocenters. The Morgan fingerprint density at radius 3 is 2.67 bits per heavy atom. The van der Waals surface area contributed by atoms with Crippen molar-refractivity contribution < 1.29 is 9.13 Å². The van der Waals surface area contributed by atoms with Gasteiger partial charge in [0.25, 0.3) is 0 Å². The minimum absolute atomic E-state index is 0.148. The second kappa shape index (κ2) is 7.25. The van der Waals surface area contributed by atoms with Gasteiger partial charge >= 0.3 is 0 Å². The van der Waals surface area contributed by atoms with E-state index in [4.69, 9.17) is 16.3 Å². The summed E-state index contributed by atoms with van der Waals surface area (Å²) in [6.45, 7) is 0. The van der Waals surface area contributed by atoms with Crippen LogP contribution in [0.15, 0.2) is 40.9 Å². The summed E-state index contributed by atoms with van der Waals surface area (Å²) in [5, 5.41) is 3.54. The average Bonchev–Trinajstić information content (AvgIpc) is 2.47. The van der Waals surface area contributed by atoms with Gasteiger partial charge in [0.05, 0.1) is 7.11 Å². The van der Waals surface area contributed by atoms with Gasteiger partial charge in [0.15, 0.2) is 0 Å². The van der Waals surface area contributed by atoms with E-state index in [-0.39, 0.29) is 11.9 Å². The van der Waals surface area contributed by atoms with Gasteiger partial charge in [-0.05, 0) is 49.4 Å². The molecular formula is C16H16BrClFNO. The number of hydrogen-bond acceptors (Lipinski definition) is 2. The van der Waals surface area contributed by atoms with Gasteiger partial charge in [-0.15, -0.1) is 0 Å². The molecule has 112 valence electrons. The van der Waals surface area contributed by atoms with E-state index >= 15 is 0 Å². The molecule has 0 heterocycles. The van der Waals surface area contributed by atoms with Crippen LogP contribution in [0, 0.1) is 5.82 Å². The Morgan fingerprint density at radius 1 is 1.29 bits per heavy atom. The van der Waals surface area contributed by atoms with Gasteiger partial charge in [-0.3, -0.25) is 0 Å². The lowest BCUT2D eigenvalue weighted by Crippen LogP contribution is -2.20. The Labute approximate surface area is 137 Å². The topological polar surface area (TPSA) is 21.3 Å². The lowest BCUT2D eigenvalue weighted by Gasteiger charge is -2.19. The van der Waals surface area contributed by atoms with Crippen molar-refractivity contribution in [2.24, 2.45) is 0 Å². The van der Waals surface area contributed by atoms with E-state index in [1.807, 2.05) is 25.2 Å². The van der Waals surface area contributed by atoms with E-state index in [0.29, 0.717) is 17.0 Å². The number of benzene rings is 2. The van der Waals surface area contributed by atoms with Crippen molar-refractivity contribution in [1.82, 2.24) is 5.32 Å². The first kappa shape index (κ1) is 16.3. The van der Waals surface area contributed by atoms with Crippen LogP contribution in [0.3, 0.4) is 0 Å². The summed E-state index contributed by atoms with van der Waals surface area (Å²) < 4.78 is 20.3. The molecule has 0 spiro atoms. The maximum atomic E-state index is 14.1. The molecule has 1 unspecified atom stereocenters. The third kappa shape index (κ3) is 3.96. The molecular weight excluding hydrogens is 357 g/mol. The van der Waals surface area contributed by atoms with Gasteiger partial charge in [-0.2, -0.15) is 0 Å². The zero-order valence-corrected chi connectivity index (χ0v) is 14.1. The van der Waals surface area contributed by atoms with Gasteiger partial charge in [0, 0.05) is 21.1 Å². The first-order valence-electron chi connectivity index (χ1n) is 6.49. The van der Waals surface area contributed by atoms with Gasteiger partial charge in [-0.25, -0.2) is 4.39 Å². The highest BCUT2D eigenvalue weighted by molar-refractivity contribution is 9.10. The van der Waals surface area contributed by atoms with E-state index in [0.717, 1.165) is 15.8 Å². The average molecular weight is 373 g/mol. The zero-order valence-electron chi connectivity index (χ0n) is 11.8. The molecule has 2 rings (SSSR count). The van der Waals surface area contributed by atoms with Crippen LogP contribution in [0.4, 0.5) is 4.39 Å². The monoisotopic (exact) mass is 371 g/mol. The van der Waals surface area contributed by atoms with E-state index < -0.39 is 0 Å². The largest absolute Gasteiger partial charge is 0.497 e. The first-order chi connectivity index (χ1) is 10.0. The predicted molar refractivity (Wildman–Crippen MR) is 87.6 cm³/mol. The van der Waals surface area contributed by atoms with Gasteiger partial charge in [0.2, 0.25) is 0 Å². The van der Waals surface area contributed by atoms with Gasteiger partial charge < -0.3 is 10.1 Å². The molecule has 2 aromatic rings. The molecule has 0 saturated heterocycles. The number of nitrogens with one attached hydrogen (secondary N) is 1. The Balaban J connectivity index is 2.30. The van der Waals surface area contributed by atoms with Crippen LogP contribution in [0.1, 0.15) is 17.2 Å². The van der Waals surface area contributed by atoms with Crippen LogP contribution in [-0.2, 0) is 6.42 Å². The summed E-state index contributed by atoms with van der Waals surface area (Å²) in [5.41, 5.74) is 1.64. The lowest BCUT2D eigenvalue weighted by molar-refractivity contribution is 0.413. The Kier molecular flexibility index (Phi) is 5.62. The van der Waals surface area contributed by atoms with Crippen LogP contribution in [0.2, 0.25) is 5.02 Å². The SMILES string of the molecule is CNC(Cc1cc(OC)ccc1Br)c1ccc(Cl)cc1F. The van der Waals surface area contributed by atoms with E-state index in [2.05, 4.69) is 21.2 Å². The molecule has 0 amide bonds. The number of likely N-dealkylation sites (N-methyl/N-ethyl adjacent to an activating group) is 1. The summed E-state index contributed by atoms with van der Waals surface area (Å²) in [6, 6.07) is 10.4. The van der Waals surface area contributed by atoms with E-state index in [1.165, 1.54) is 6.07 Å². The third-order valence-electron chi connectivity index (χ3n) is 3.36. The third-order valence-corrected chi connectivity index (χ3v) is 4.37. The van der Waals surface area contributed by atoms with Crippen LogP contribution in [0.25, 0.3) is 0 Å². The molecule has 0 radical (unpaired) electrons. The van der Waals surface area contributed by atoms with Crippen LogP contribution < -0.4 is 10.1 Å². The molecule has 21 heavy (non-hydrogen) atoms. The Hall–Kier alpha value is -1.10. The van der Waals surface area contributed by atoms with Crippen molar-refractivity contribution >= 4 is 27.5 Å². The molecule has 1 N–H and O–H groups in total. The smallest absolute Gasteiger partial charge is 0.129 e.